The highest BCUT2D eigenvalue weighted by molar-refractivity contribution is 7.18. The molecule has 2 amide bonds. The maximum atomic E-state index is 12.1. The quantitative estimate of drug-likeness (QED) is 0.328. The Kier molecular flexibility index (Phi) is 7.12. The SMILES string of the molecule is COc1cc(OC)c(OC)cc1/C=N\NC(=O)C(=O)Nc1nnc(-c2ccccc2)s1. The van der Waals surface area contributed by atoms with E-state index in [0.717, 1.165) is 16.9 Å². The summed E-state index contributed by atoms with van der Waals surface area (Å²) in [6, 6.07) is 12.6. The fourth-order valence-electron chi connectivity index (χ4n) is 2.49. The van der Waals surface area contributed by atoms with Crippen molar-refractivity contribution in [3.8, 4) is 27.8 Å². The van der Waals surface area contributed by atoms with Crippen LogP contribution in [0.5, 0.6) is 17.2 Å². The molecule has 0 saturated heterocycles. The number of anilines is 1. The maximum absolute atomic E-state index is 12.1. The molecule has 3 aromatic rings. The first kappa shape index (κ1) is 21.7. The number of aromatic nitrogens is 2. The topological polar surface area (TPSA) is 124 Å². The summed E-state index contributed by atoms with van der Waals surface area (Å²) in [7, 11) is 4.48. The van der Waals surface area contributed by atoms with Gasteiger partial charge >= 0.3 is 11.8 Å². The number of rotatable bonds is 7. The Hall–Kier alpha value is -3.99. The van der Waals surface area contributed by atoms with Crippen LogP contribution in [-0.4, -0.2) is 49.6 Å². The lowest BCUT2D eigenvalue weighted by Gasteiger charge is -2.11. The Bertz CT molecular complexity index is 1100. The van der Waals surface area contributed by atoms with E-state index < -0.39 is 11.8 Å². The molecule has 0 saturated carbocycles. The van der Waals surface area contributed by atoms with Gasteiger partial charge in [0.25, 0.3) is 0 Å². The van der Waals surface area contributed by atoms with Crippen molar-refractivity contribution in [1.29, 1.82) is 0 Å². The minimum Gasteiger partial charge on any atom is -0.496 e. The third-order valence-corrected chi connectivity index (χ3v) is 4.87. The van der Waals surface area contributed by atoms with Gasteiger partial charge in [-0.2, -0.15) is 5.10 Å². The molecule has 10 nitrogen and oxygen atoms in total. The van der Waals surface area contributed by atoms with Gasteiger partial charge in [0.05, 0.1) is 27.5 Å². The molecule has 11 heteroatoms. The molecule has 3 rings (SSSR count). The second-order valence-electron chi connectivity index (χ2n) is 5.88. The highest BCUT2D eigenvalue weighted by Gasteiger charge is 2.16. The standard InChI is InChI=1S/C20H19N5O5S/c1-28-14-10-16(30-3)15(29-2)9-13(14)11-21-23-18(27)17(26)22-20-25-24-19(31-20)12-7-5-4-6-8-12/h4-11H,1-3H3,(H,23,27)(H,22,25,26)/b21-11-. The molecule has 0 aliphatic carbocycles. The summed E-state index contributed by atoms with van der Waals surface area (Å²) < 4.78 is 15.7. The van der Waals surface area contributed by atoms with Crippen LogP contribution in [0.25, 0.3) is 10.6 Å². The van der Waals surface area contributed by atoms with Crippen molar-refractivity contribution < 1.29 is 23.8 Å². The number of hydrogen-bond acceptors (Lipinski definition) is 9. The predicted octanol–water partition coefficient (Wildman–Crippen LogP) is 2.32. The van der Waals surface area contributed by atoms with Crippen LogP contribution in [-0.2, 0) is 9.59 Å². The second kappa shape index (κ2) is 10.2. The number of methoxy groups -OCH3 is 3. The first-order valence-corrected chi connectivity index (χ1v) is 9.70. The molecule has 0 aliphatic heterocycles. The fraction of sp³-hybridized carbons (Fsp3) is 0.150. The van der Waals surface area contributed by atoms with Crippen LogP contribution < -0.4 is 25.0 Å². The molecule has 0 spiro atoms. The molecule has 31 heavy (non-hydrogen) atoms. The first-order chi connectivity index (χ1) is 15.0. The Morgan fingerprint density at radius 1 is 0.935 bits per heavy atom. The Labute approximate surface area is 181 Å². The molecule has 1 aromatic heterocycles. The van der Waals surface area contributed by atoms with Crippen LogP contribution in [0, 0.1) is 0 Å². The van der Waals surface area contributed by atoms with Crippen molar-refractivity contribution in [2.75, 3.05) is 26.6 Å². The lowest BCUT2D eigenvalue weighted by atomic mass is 10.2. The van der Waals surface area contributed by atoms with Gasteiger partial charge < -0.3 is 14.2 Å². The normalized spacial score (nSPS) is 10.5. The molecule has 0 unspecified atom stereocenters. The van der Waals surface area contributed by atoms with Gasteiger partial charge in [-0.05, 0) is 6.07 Å². The number of carbonyl (C=O) groups is 2. The summed E-state index contributed by atoms with van der Waals surface area (Å²) in [5.41, 5.74) is 3.53. The third-order valence-electron chi connectivity index (χ3n) is 3.98. The summed E-state index contributed by atoms with van der Waals surface area (Å²) in [4.78, 5) is 24.1. The van der Waals surface area contributed by atoms with E-state index in [-0.39, 0.29) is 5.13 Å². The smallest absolute Gasteiger partial charge is 0.329 e. The summed E-state index contributed by atoms with van der Waals surface area (Å²) in [5, 5.41) is 14.9. The van der Waals surface area contributed by atoms with Gasteiger partial charge in [-0.3, -0.25) is 14.9 Å². The summed E-state index contributed by atoms with van der Waals surface area (Å²) in [6.07, 6.45) is 1.32. The number of carbonyl (C=O) groups excluding carboxylic acids is 2. The van der Waals surface area contributed by atoms with Gasteiger partial charge in [-0.15, -0.1) is 10.2 Å². The average Bonchev–Trinajstić information content (AvgIpc) is 3.27. The van der Waals surface area contributed by atoms with Crippen molar-refractivity contribution in [3.05, 3.63) is 48.0 Å². The number of benzene rings is 2. The fourth-order valence-corrected chi connectivity index (χ4v) is 3.23. The van der Waals surface area contributed by atoms with E-state index in [0.29, 0.717) is 27.8 Å². The van der Waals surface area contributed by atoms with Gasteiger partial charge in [0.15, 0.2) is 11.5 Å². The zero-order valence-electron chi connectivity index (χ0n) is 16.9. The molecule has 0 bridgehead atoms. The highest BCUT2D eigenvalue weighted by Crippen LogP contribution is 2.33. The molecule has 160 valence electrons. The molecule has 0 fully saturated rings. The van der Waals surface area contributed by atoms with Crippen molar-refractivity contribution in [3.63, 3.8) is 0 Å². The van der Waals surface area contributed by atoms with Crippen molar-refractivity contribution in [1.82, 2.24) is 15.6 Å². The van der Waals surface area contributed by atoms with Gasteiger partial charge in [0, 0.05) is 17.2 Å². The molecule has 0 aliphatic rings. The zero-order chi connectivity index (χ0) is 22.2. The van der Waals surface area contributed by atoms with Crippen LogP contribution in [0.4, 0.5) is 5.13 Å². The Balaban J connectivity index is 1.62. The van der Waals surface area contributed by atoms with Gasteiger partial charge in [0.1, 0.15) is 10.8 Å². The molecule has 0 radical (unpaired) electrons. The second-order valence-corrected chi connectivity index (χ2v) is 6.86. The van der Waals surface area contributed by atoms with Crippen LogP contribution >= 0.6 is 11.3 Å². The summed E-state index contributed by atoms with van der Waals surface area (Å²) >= 11 is 1.15. The molecular formula is C20H19N5O5S. The summed E-state index contributed by atoms with van der Waals surface area (Å²) in [5.74, 6) is -0.507. The zero-order valence-corrected chi connectivity index (χ0v) is 17.7. The third kappa shape index (κ3) is 5.34. The summed E-state index contributed by atoms with van der Waals surface area (Å²) in [6.45, 7) is 0. The van der Waals surface area contributed by atoms with E-state index in [4.69, 9.17) is 14.2 Å². The van der Waals surface area contributed by atoms with Crippen LogP contribution in [0.15, 0.2) is 47.6 Å². The maximum Gasteiger partial charge on any atom is 0.329 e. The lowest BCUT2D eigenvalue weighted by Crippen LogP contribution is -2.32. The number of ether oxygens (including phenoxy) is 3. The lowest BCUT2D eigenvalue weighted by molar-refractivity contribution is -0.136. The highest BCUT2D eigenvalue weighted by atomic mass is 32.1. The van der Waals surface area contributed by atoms with E-state index in [2.05, 4.69) is 26.0 Å². The van der Waals surface area contributed by atoms with Gasteiger partial charge in [-0.1, -0.05) is 41.7 Å². The number of hydrogen-bond donors (Lipinski definition) is 2. The first-order valence-electron chi connectivity index (χ1n) is 8.89. The van der Waals surface area contributed by atoms with Crippen LogP contribution in [0.1, 0.15) is 5.56 Å². The monoisotopic (exact) mass is 441 g/mol. The predicted molar refractivity (Wildman–Crippen MR) is 116 cm³/mol. The number of amides is 2. The minimum absolute atomic E-state index is 0.199. The molecule has 1 heterocycles. The average molecular weight is 441 g/mol. The van der Waals surface area contributed by atoms with Crippen LogP contribution in [0.2, 0.25) is 0 Å². The van der Waals surface area contributed by atoms with Crippen molar-refractivity contribution in [2.45, 2.75) is 0 Å². The molecular weight excluding hydrogens is 422 g/mol. The van der Waals surface area contributed by atoms with Crippen molar-refractivity contribution in [2.24, 2.45) is 5.10 Å². The number of hydrazone groups is 1. The van der Waals surface area contributed by atoms with E-state index in [9.17, 15) is 9.59 Å². The molecule has 2 aromatic carbocycles. The Morgan fingerprint density at radius 3 is 2.29 bits per heavy atom. The van der Waals surface area contributed by atoms with E-state index >= 15 is 0 Å². The van der Waals surface area contributed by atoms with Crippen LogP contribution in [0.3, 0.4) is 0 Å². The minimum atomic E-state index is -0.966. The number of nitrogens with zero attached hydrogens (tertiary/aromatic N) is 3. The largest absolute Gasteiger partial charge is 0.496 e. The molecule has 0 atom stereocenters. The Morgan fingerprint density at radius 2 is 1.61 bits per heavy atom. The van der Waals surface area contributed by atoms with E-state index in [1.54, 1.807) is 12.1 Å². The molecule has 2 N–H and O–H groups in total. The van der Waals surface area contributed by atoms with E-state index in [1.807, 2.05) is 30.3 Å². The van der Waals surface area contributed by atoms with E-state index in [1.165, 1.54) is 27.5 Å². The van der Waals surface area contributed by atoms with Crippen molar-refractivity contribution >= 4 is 34.5 Å². The van der Waals surface area contributed by atoms with Gasteiger partial charge in [0.2, 0.25) is 5.13 Å². The number of nitrogens with one attached hydrogen (secondary N) is 2. The van der Waals surface area contributed by atoms with Gasteiger partial charge in [-0.25, -0.2) is 5.43 Å².